The minimum absolute atomic E-state index is 0.533. The number of pyridine rings is 1. The highest BCUT2D eigenvalue weighted by atomic mass is 32.1. The largest absolute Gasteiger partial charge is 0.497 e. The van der Waals surface area contributed by atoms with Crippen LogP contribution in [0.1, 0.15) is 18.4 Å². The van der Waals surface area contributed by atoms with E-state index in [0.29, 0.717) is 6.04 Å². The van der Waals surface area contributed by atoms with Crippen LogP contribution in [-0.2, 0) is 6.54 Å². The number of anilines is 1. The molecule has 2 aromatic rings. The second-order valence-corrected chi connectivity index (χ2v) is 5.77. The predicted molar refractivity (Wildman–Crippen MR) is 92.0 cm³/mol. The third kappa shape index (κ3) is 3.74. The van der Waals surface area contributed by atoms with Crippen LogP contribution in [0.5, 0.6) is 5.75 Å². The molecule has 0 unspecified atom stereocenters. The van der Waals surface area contributed by atoms with E-state index in [2.05, 4.69) is 21.3 Å². The summed E-state index contributed by atoms with van der Waals surface area (Å²) >= 11 is 5.61. The molecule has 0 aliphatic heterocycles. The van der Waals surface area contributed by atoms with E-state index in [9.17, 15) is 0 Å². The molecule has 1 saturated carbocycles. The van der Waals surface area contributed by atoms with Gasteiger partial charge in [-0.2, -0.15) is 0 Å². The highest BCUT2D eigenvalue weighted by Gasteiger charge is 2.30. The van der Waals surface area contributed by atoms with Gasteiger partial charge in [0.1, 0.15) is 5.75 Å². The Labute approximate surface area is 136 Å². The molecule has 5 heteroatoms. The number of hydrogen-bond donors (Lipinski definition) is 1. The number of hydrogen-bond acceptors (Lipinski definition) is 3. The van der Waals surface area contributed by atoms with E-state index < -0.39 is 0 Å². The Morgan fingerprint density at radius 3 is 2.91 bits per heavy atom. The molecule has 0 amide bonds. The average molecular weight is 313 g/mol. The SMILES string of the molecule is COc1cccc(NC(=S)N(Cc2cccnc2)C2CC2)c1. The van der Waals surface area contributed by atoms with Crippen LogP contribution in [0.3, 0.4) is 0 Å². The maximum Gasteiger partial charge on any atom is 0.173 e. The van der Waals surface area contributed by atoms with E-state index >= 15 is 0 Å². The Morgan fingerprint density at radius 2 is 2.23 bits per heavy atom. The van der Waals surface area contributed by atoms with Gasteiger partial charge in [0.05, 0.1) is 7.11 Å². The first-order valence-electron chi connectivity index (χ1n) is 7.37. The van der Waals surface area contributed by atoms with Crippen LogP contribution >= 0.6 is 12.2 Å². The molecule has 0 bridgehead atoms. The van der Waals surface area contributed by atoms with Crippen molar-refractivity contribution < 1.29 is 4.74 Å². The summed E-state index contributed by atoms with van der Waals surface area (Å²) < 4.78 is 5.25. The summed E-state index contributed by atoms with van der Waals surface area (Å²) in [6, 6.07) is 12.4. The Morgan fingerprint density at radius 1 is 1.36 bits per heavy atom. The number of nitrogens with zero attached hydrogens (tertiary/aromatic N) is 2. The molecule has 0 saturated heterocycles. The smallest absolute Gasteiger partial charge is 0.173 e. The van der Waals surface area contributed by atoms with Crippen molar-refractivity contribution in [1.82, 2.24) is 9.88 Å². The summed E-state index contributed by atoms with van der Waals surface area (Å²) in [4.78, 5) is 6.42. The van der Waals surface area contributed by atoms with Gasteiger partial charge in [-0.15, -0.1) is 0 Å². The van der Waals surface area contributed by atoms with Crippen LogP contribution < -0.4 is 10.1 Å². The summed E-state index contributed by atoms with van der Waals surface area (Å²) in [5.41, 5.74) is 2.12. The fourth-order valence-electron chi connectivity index (χ4n) is 2.34. The quantitative estimate of drug-likeness (QED) is 0.856. The highest BCUT2D eigenvalue weighted by molar-refractivity contribution is 7.80. The van der Waals surface area contributed by atoms with Gasteiger partial charge in [0.25, 0.3) is 0 Å². The number of ether oxygens (including phenoxy) is 1. The molecular weight excluding hydrogens is 294 g/mol. The van der Waals surface area contributed by atoms with E-state index in [-0.39, 0.29) is 0 Å². The van der Waals surface area contributed by atoms with Crippen LogP contribution in [0.4, 0.5) is 5.69 Å². The van der Waals surface area contributed by atoms with E-state index in [1.807, 2.05) is 36.5 Å². The lowest BCUT2D eigenvalue weighted by Gasteiger charge is -2.26. The zero-order chi connectivity index (χ0) is 15.4. The third-order valence-electron chi connectivity index (χ3n) is 3.65. The first-order valence-corrected chi connectivity index (χ1v) is 7.77. The molecule has 1 fully saturated rings. The normalized spacial score (nSPS) is 13.5. The zero-order valence-corrected chi connectivity index (χ0v) is 13.3. The van der Waals surface area contributed by atoms with Gasteiger partial charge in [-0.25, -0.2) is 0 Å². The maximum atomic E-state index is 5.61. The first-order chi connectivity index (χ1) is 10.8. The standard InChI is InChI=1S/C17H19N3OS/c1-21-16-6-2-5-14(10-16)19-17(22)20(15-7-8-15)12-13-4-3-9-18-11-13/h2-6,9-11,15H,7-8,12H2,1H3,(H,19,22). The summed E-state index contributed by atoms with van der Waals surface area (Å²) in [6.45, 7) is 0.786. The van der Waals surface area contributed by atoms with Gasteiger partial charge in [-0.3, -0.25) is 4.98 Å². The molecule has 0 radical (unpaired) electrons. The molecule has 1 aliphatic carbocycles. The van der Waals surface area contributed by atoms with Crippen molar-refractivity contribution >= 4 is 23.0 Å². The maximum absolute atomic E-state index is 5.61. The summed E-state index contributed by atoms with van der Waals surface area (Å²) in [5.74, 6) is 0.818. The molecule has 3 rings (SSSR count). The van der Waals surface area contributed by atoms with E-state index in [1.54, 1.807) is 13.3 Å². The number of nitrogens with one attached hydrogen (secondary N) is 1. The van der Waals surface area contributed by atoms with Crippen molar-refractivity contribution in [3.8, 4) is 5.75 Å². The summed E-state index contributed by atoms with van der Waals surface area (Å²) in [6.07, 6.45) is 6.07. The van der Waals surface area contributed by atoms with E-state index in [0.717, 1.165) is 23.1 Å². The molecule has 1 aromatic heterocycles. The van der Waals surface area contributed by atoms with Crippen LogP contribution in [0, 0.1) is 0 Å². The van der Waals surface area contributed by atoms with Gasteiger partial charge < -0.3 is 15.0 Å². The molecule has 0 spiro atoms. The Balaban J connectivity index is 1.70. The number of benzene rings is 1. The minimum Gasteiger partial charge on any atom is -0.497 e. The fraction of sp³-hybridized carbons (Fsp3) is 0.294. The van der Waals surface area contributed by atoms with Crippen LogP contribution in [0.15, 0.2) is 48.8 Å². The highest BCUT2D eigenvalue weighted by Crippen LogP contribution is 2.29. The van der Waals surface area contributed by atoms with Gasteiger partial charge in [-0.1, -0.05) is 12.1 Å². The van der Waals surface area contributed by atoms with Gasteiger partial charge in [-0.05, 0) is 48.8 Å². The van der Waals surface area contributed by atoms with Crippen LogP contribution in [0.25, 0.3) is 0 Å². The Kier molecular flexibility index (Phi) is 4.53. The number of rotatable bonds is 5. The van der Waals surface area contributed by atoms with Crippen molar-refractivity contribution in [1.29, 1.82) is 0 Å². The lowest BCUT2D eigenvalue weighted by molar-refractivity contribution is 0.408. The third-order valence-corrected chi connectivity index (χ3v) is 3.98. The van der Waals surface area contributed by atoms with Crippen molar-refractivity contribution in [2.75, 3.05) is 12.4 Å². The molecular formula is C17H19N3OS. The second-order valence-electron chi connectivity index (χ2n) is 5.38. The van der Waals surface area contributed by atoms with Gasteiger partial charge in [0.2, 0.25) is 0 Å². The van der Waals surface area contributed by atoms with Crippen LogP contribution in [-0.4, -0.2) is 28.1 Å². The monoisotopic (exact) mass is 313 g/mol. The predicted octanol–water partition coefficient (Wildman–Crippen LogP) is 3.45. The fourth-order valence-corrected chi connectivity index (χ4v) is 2.67. The number of methoxy groups -OCH3 is 1. The van der Waals surface area contributed by atoms with Gasteiger partial charge >= 0.3 is 0 Å². The van der Waals surface area contributed by atoms with E-state index in [4.69, 9.17) is 17.0 Å². The molecule has 1 aromatic carbocycles. The molecule has 114 valence electrons. The zero-order valence-electron chi connectivity index (χ0n) is 12.5. The van der Waals surface area contributed by atoms with Crippen molar-refractivity contribution in [2.24, 2.45) is 0 Å². The topological polar surface area (TPSA) is 37.4 Å². The lowest BCUT2D eigenvalue weighted by atomic mass is 10.2. The number of aromatic nitrogens is 1. The average Bonchev–Trinajstić information content (AvgIpc) is 3.38. The molecule has 0 atom stereocenters. The Bertz CT molecular complexity index is 643. The summed E-state index contributed by atoms with van der Waals surface area (Å²) in [5, 5.41) is 4.06. The van der Waals surface area contributed by atoms with Crippen molar-refractivity contribution in [3.05, 3.63) is 54.4 Å². The van der Waals surface area contributed by atoms with Crippen molar-refractivity contribution in [2.45, 2.75) is 25.4 Å². The molecule has 1 aliphatic rings. The van der Waals surface area contributed by atoms with Crippen molar-refractivity contribution in [3.63, 3.8) is 0 Å². The molecule has 22 heavy (non-hydrogen) atoms. The summed E-state index contributed by atoms with van der Waals surface area (Å²) in [7, 11) is 1.66. The molecule has 1 heterocycles. The van der Waals surface area contributed by atoms with Crippen LogP contribution in [0.2, 0.25) is 0 Å². The Hall–Kier alpha value is -2.14. The first kappa shape index (κ1) is 14.8. The minimum atomic E-state index is 0.533. The van der Waals surface area contributed by atoms with Gasteiger partial charge in [0.15, 0.2) is 5.11 Å². The second kappa shape index (κ2) is 6.75. The molecule has 4 nitrogen and oxygen atoms in total. The molecule has 1 N–H and O–H groups in total. The van der Waals surface area contributed by atoms with Gasteiger partial charge in [0, 0.05) is 36.7 Å². The lowest BCUT2D eigenvalue weighted by Crippen LogP contribution is -2.36. The number of thiocarbonyl (C=S) groups is 1. The van der Waals surface area contributed by atoms with E-state index in [1.165, 1.54) is 18.4 Å².